The number of halogens is 3. The van der Waals surface area contributed by atoms with Gasteiger partial charge in [0, 0.05) is 23.3 Å². The van der Waals surface area contributed by atoms with E-state index in [4.69, 9.17) is 11.6 Å². The summed E-state index contributed by atoms with van der Waals surface area (Å²) in [6, 6.07) is 4.22. The Morgan fingerprint density at radius 1 is 1.48 bits per heavy atom. The van der Waals surface area contributed by atoms with Crippen molar-refractivity contribution in [2.45, 2.75) is 26.5 Å². The Balaban J connectivity index is 2.53. The van der Waals surface area contributed by atoms with Crippen molar-refractivity contribution in [1.29, 1.82) is 0 Å². The highest BCUT2D eigenvalue weighted by molar-refractivity contribution is 6.31. The zero-order valence-corrected chi connectivity index (χ0v) is 12.0. The van der Waals surface area contributed by atoms with Crippen molar-refractivity contribution in [2.75, 3.05) is 0 Å². The third kappa shape index (κ3) is 3.58. The van der Waals surface area contributed by atoms with Crippen molar-refractivity contribution in [3.05, 3.63) is 35.0 Å². The van der Waals surface area contributed by atoms with Crippen LogP contribution in [0.1, 0.15) is 23.7 Å². The van der Waals surface area contributed by atoms with Gasteiger partial charge in [-0.05, 0) is 24.6 Å². The van der Waals surface area contributed by atoms with E-state index in [-0.39, 0.29) is 17.0 Å². The molecule has 1 aromatic heterocycles. The van der Waals surface area contributed by atoms with Gasteiger partial charge in [0.25, 0.3) is 0 Å². The van der Waals surface area contributed by atoms with Crippen LogP contribution in [0.2, 0.25) is 5.02 Å². The molecule has 0 saturated heterocycles. The van der Waals surface area contributed by atoms with Gasteiger partial charge in [0.15, 0.2) is 6.29 Å². The van der Waals surface area contributed by atoms with E-state index in [1.807, 2.05) is 6.92 Å². The van der Waals surface area contributed by atoms with Gasteiger partial charge >= 0.3 is 6.61 Å². The summed E-state index contributed by atoms with van der Waals surface area (Å²) in [4.78, 5) is 11.2. The molecule has 1 heterocycles. The SMILES string of the molecule is CCCn1cc(C=O)c(-c2cc(Cl)ccc2OC(F)F)n1. The van der Waals surface area contributed by atoms with E-state index in [0.717, 1.165) is 6.42 Å². The molecule has 0 spiro atoms. The molecule has 0 saturated carbocycles. The zero-order chi connectivity index (χ0) is 15.4. The fourth-order valence-corrected chi connectivity index (χ4v) is 2.13. The monoisotopic (exact) mass is 314 g/mol. The largest absolute Gasteiger partial charge is 0.434 e. The van der Waals surface area contributed by atoms with Crippen LogP contribution in [0, 0.1) is 0 Å². The summed E-state index contributed by atoms with van der Waals surface area (Å²) >= 11 is 5.90. The average molecular weight is 315 g/mol. The van der Waals surface area contributed by atoms with E-state index < -0.39 is 6.61 Å². The Bertz CT molecular complexity index is 644. The second-order valence-electron chi connectivity index (χ2n) is 4.33. The Morgan fingerprint density at radius 3 is 2.86 bits per heavy atom. The molecule has 4 nitrogen and oxygen atoms in total. The highest BCUT2D eigenvalue weighted by Crippen LogP contribution is 2.34. The average Bonchev–Trinajstić information content (AvgIpc) is 2.83. The molecule has 0 amide bonds. The maximum absolute atomic E-state index is 12.5. The van der Waals surface area contributed by atoms with Gasteiger partial charge in [0.2, 0.25) is 0 Å². The van der Waals surface area contributed by atoms with E-state index in [1.54, 1.807) is 10.9 Å². The molecule has 0 unspecified atom stereocenters. The van der Waals surface area contributed by atoms with E-state index in [9.17, 15) is 13.6 Å². The summed E-state index contributed by atoms with van der Waals surface area (Å²) in [6.07, 6.45) is 3.02. The molecule has 0 bridgehead atoms. The number of hydrogen-bond donors (Lipinski definition) is 0. The molecule has 0 N–H and O–H groups in total. The molecule has 0 fully saturated rings. The maximum atomic E-state index is 12.5. The lowest BCUT2D eigenvalue weighted by molar-refractivity contribution is -0.0494. The number of hydrogen-bond acceptors (Lipinski definition) is 3. The predicted octanol–water partition coefficient (Wildman–Crippen LogP) is 4.03. The first-order valence-corrected chi connectivity index (χ1v) is 6.70. The Kier molecular flexibility index (Phi) is 4.90. The number of alkyl halides is 2. The van der Waals surface area contributed by atoms with Gasteiger partial charge in [0.05, 0.1) is 5.56 Å². The number of rotatable bonds is 6. The molecule has 21 heavy (non-hydrogen) atoms. The van der Waals surface area contributed by atoms with Crippen molar-refractivity contribution >= 4 is 17.9 Å². The standard InChI is InChI=1S/C14H13ClF2N2O2/c1-2-5-19-7-9(8-20)13(18-19)11-6-10(15)3-4-12(11)21-14(16)17/h3-4,6-8,14H,2,5H2,1H3. The number of ether oxygens (including phenoxy) is 1. The minimum Gasteiger partial charge on any atom is -0.434 e. The number of aromatic nitrogens is 2. The fourth-order valence-electron chi connectivity index (χ4n) is 1.96. The van der Waals surface area contributed by atoms with Crippen LogP contribution in [0.25, 0.3) is 11.3 Å². The van der Waals surface area contributed by atoms with Crippen LogP contribution in [-0.4, -0.2) is 22.7 Å². The fraction of sp³-hybridized carbons (Fsp3) is 0.286. The van der Waals surface area contributed by atoms with Crippen LogP contribution < -0.4 is 4.74 Å². The molecule has 0 aliphatic heterocycles. The van der Waals surface area contributed by atoms with Gasteiger partial charge < -0.3 is 4.74 Å². The summed E-state index contributed by atoms with van der Waals surface area (Å²) in [5.41, 5.74) is 0.834. The molecule has 7 heteroatoms. The van der Waals surface area contributed by atoms with Crippen LogP contribution in [0.5, 0.6) is 5.75 Å². The molecule has 0 aliphatic carbocycles. The van der Waals surface area contributed by atoms with E-state index >= 15 is 0 Å². The summed E-state index contributed by atoms with van der Waals surface area (Å²) in [7, 11) is 0. The third-order valence-corrected chi connectivity index (χ3v) is 3.02. The molecule has 2 rings (SSSR count). The molecule has 0 atom stereocenters. The number of carbonyl (C=O) groups is 1. The van der Waals surface area contributed by atoms with Gasteiger partial charge in [-0.15, -0.1) is 0 Å². The first-order chi connectivity index (χ1) is 10.0. The summed E-state index contributed by atoms with van der Waals surface area (Å²) in [6.45, 7) is -0.388. The van der Waals surface area contributed by atoms with Gasteiger partial charge in [-0.3, -0.25) is 9.48 Å². The minimum atomic E-state index is -2.97. The minimum absolute atomic E-state index is 0.0701. The maximum Gasteiger partial charge on any atom is 0.387 e. The normalized spacial score (nSPS) is 10.9. The predicted molar refractivity (Wildman–Crippen MR) is 75.0 cm³/mol. The second kappa shape index (κ2) is 6.67. The lowest BCUT2D eigenvalue weighted by Crippen LogP contribution is -2.04. The number of benzene rings is 1. The van der Waals surface area contributed by atoms with Crippen molar-refractivity contribution in [1.82, 2.24) is 9.78 Å². The molecular weight excluding hydrogens is 302 g/mol. The molecule has 0 aliphatic rings. The lowest BCUT2D eigenvalue weighted by atomic mass is 10.1. The highest BCUT2D eigenvalue weighted by Gasteiger charge is 2.18. The van der Waals surface area contributed by atoms with E-state index in [0.29, 0.717) is 23.4 Å². The van der Waals surface area contributed by atoms with Crippen LogP contribution in [0.3, 0.4) is 0 Å². The summed E-state index contributed by atoms with van der Waals surface area (Å²) in [5, 5.41) is 4.59. The number of nitrogens with zero attached hydrogens (tertiary/aromatic N) is 2. The van der Waals surface area contributed by atoms with Crippen molar-refractivity contribution in [3.63, 3.8) is 0 Å². The smallest absolute Gasteiger partial charge is 0.387 e. The zero-order valence-electron chi connectivity index (χ0n) is 11.2. The molecular formula is C14H13ClF2N2O2. The molecule has 2 aromatic rings. The molecule has 1 aromatic carbocycles. The van der Waals surface area contributed by atoms with Crippen molar-refractivity contribution in [3.8, 4) is 17.0 Å². The number of carbonyl (C=O) groups excluding carboxylic acids is 1. The van der Waals surface area contributed by atoms with E-state index in [1.165, 1.54) is 18.2 Å². The quantitative estimate of drug-likeness (QED) is 0.756. The van der Waals surface area contributed by atoms with Gasteiger partial charge in [-0.1, -0.05) is 18.5 Å². The topological polar surface area (TPSA) is 44.1 Å². The van der Waals surface area contributed by atoms with E-state index in [2.05, 4.69) is 9.84 Å². The van der Waals surface area contributed by atoms with Crippen molar-refractivity contribution < 1.29 is 18.3 Å². The van der Waals surface area contributed by atoms with Crippen LogP contribution >= 0.6 is 11.6 Å². The first-order valence-electron chi connectivity index (χ1n) is 6.32. The summed E-state index contributed by atoms with van der Waals surface area (Å²) < 4.78 is 31.0. The number of aldehydes is 1. The second-order valence-corrected chi connectivity index (χ2v) is 4.77. The molecule has 112 valence electrons. The van der Waals surface area contributed by atoms with Crippen LogP contribution in [0.15, 0.2) is 24.4 Å². The Hall–Kier alpha value is -1.95. The van der Waals surface area contributed by atoms with Crippen LogP contribution in [-0.2, 0) is 6.54 Å². The van der Waals surface area contributed by atoms with Crippen LogP contribution in [0.4, 0.5) is 8.78 Å². The van der Waals surface area contributed by atoms with Gasteiger partial charge in [-0.25, -0.2) is 0 Å². The van der Waals surface area contributed by atoms with Gasteiger partial charge in [-0.2, -0.15) is 13.9 Å². The number of aryl methyl sites for hydroxylation is 1. The van der Waals surface area contributed by atoms with Crippen molar-refractivity contribution in [2.24, 2.45) is 0 Å². The lowest BCUT2D eigenvalue weighted by Gasteiger charge is -2.10. The molecule has 0 radical (unpaired) electrons. The Morgan fingerprint density at radius 2 is 2.24 bits per heavy atom. The summed E-state index contributed by atoms with van der Waals surface area (Å²) in [5.74, 6) is -0.0701. The highest BCUT2D eigenvalue weighted by atomic mass is 35.5. The first kappa shape index (κ1) is 15.4. The van der Waals surface area contributed by atoms with Gasteiger partial charge in [0.1, 0.15) is 11.4 Å². The third-order valence-electron chi connectivity index (χ3n) is 2.78. The Labute approximate surface area is 125 Å².